The second kappa shape index (κ2) is 4.45. The van der Waals surface area contributed by atoms with Gasteiger partial charge in [-0.05, 0) is 31.6 Å². The molecule has 0 spiro atoms. The Morgan fingerprint density at radius 1 is 1.62 bits per heavy atom. The van der Waals surface area contributed by atoms with Gasteiger partial charge >= 0.3 is 0 Å². The molecule has 0 saturated heterocycles. The van der Waals surface area contributed by atoms with Crippen LogP contribution in [-0.2, 0) is 4.79 Å². The van der Waals surface area contributed by atoms with Crippen LogP contribution < -0.4 is 0 Å². The summed E-state index contributed by atoms with van der Waals surface area (Å²) in [6.07, 6.45) is 4.73. The van der Waals surface area contributed by atoms with Gasteiger partial charge in [0, 0.05) is 11.5 Å². The quantitative estimate of drug-likeness (QED) is 0.526. The molecule has 1 N–H and O–H groups in total. The first-order valence-electron chi connectivity index (χ1n) is 5.02. The number of aliphatic hydroxyl groups excluding tert-OH is 1. The Morgan fingerprint density at radius 3 is 2.85 bits per heavy atom. The molecular weight excluding hydrogens is 164 g/mol. The third-order valence-corrected chi connectivity index (χ3v) is 2.60. The van der Waals surface area contributed by atoms with Crippen LogP contribution in [0.1, 0.15) is 39.5 Å². The number of carbonyl (C=O) groups excluding carboxylic acids is 1. The number of hydrogen-bond acceptors (Lipinski definition) is 2. The van der Waals surface area contributed by atoms with E-state index in [-0.39, 0.29) is 11.7 Å². The summed E-state index contributed by atoms with van der Waals surface area (Å²) in [5.41, 5.74) is 0.622. The Kier molecular flexibility index (Phi) is 3.52. The number of rotatable bonds is 2. The van der Waals surface area contributed by atoms with E-state index in [9.17, 15) is 4.79 Å². The molecule has 2 nitrogen and oxygen atoms in total. The van der Waals surface area contributed by atoms with Gasteiger partial charge in [-0.25, -0.2) is 0 Å². The van der Waals surface area contributed by atoms with E-state index in [2.05, 4.69) is 13.8 Å². The number of hydrogen-bond donors (Lipinski definition) is 1. The van der Waals surface area contributed by atoms with Gasteiger partial charge in [0.2, 0.25) is 0 Å². The highest BCUT2D eigenvalue weighted by molar-refractivity contribution is 5.97. The minimum Gasteiger partial charge on any atom is -0.515 e. The molecule has 0 aromatic heterocycles. The molecule has 1 unspecified atom stereocenters. The van der Waals surface area contributed by atoms with Gasteiger partial charge in [0.25, 0.3) is 0 Å². The van der Waals surface area contributed by atoms with Crippen molar-refractivity contribution in [3.05, 3.63) is 11.8 Å². The van der Waals surface area contributed by atoms with E-state index in [0.717, 1.165) is 31.9 Å². The van der Waals surface area contributed by atoms with Gasteiger partial charge in [-0.1, -0.05) is 13.8 Å². The average Bonchev–Trinajstić information content (AvgIpc) is 2.08. The van der Waals surface area contributed by atoms with Gasteiger partial charge in [-0.15, -0.1) is 0 Å². The lowest BCUT2D eigenvalue weighted by molar-refractivity contribution is -0.121. The van der Waals surface area contributed by atoms with Crippen LogP contribution in [0.5, 0.6) is 0 Å². The van der Waals surface area contributed by atoms with E-state index < -0.39 is 0 Å². The first kappa shape index (κ1) is 10.3. The first-order valence-corrected chi connectivity index (χ1v) is 5.02. The number of allylic oxidation sites excluding steroid dienone is 1. The van der Waals surface area contributed by atoms with E-state index in [1.807, 2.05) is 0 Å². The molecule has 1 saturated carbocycles. The van der Waals surface area contributed by atoms with Crippen molar-refractivity contribution in [1.29, 1.82) is 0 Å². The van der Waals surface area contributed by atoms with Crippen LogP contribution in [0, 0.1) is 11.8 Å². The lowest BCUT2D eigenvalue weighted by atomic mass is 9.80. The standard InChI is InChI=1S/C11H18O2/c1-8(2)6-9-4-3-5-10(7-12)11(9)13/h7-9,12H,3-6H2,1-2H3. The summed E-state index contributed by atoms with van der Waals surface area (Å²) in [6, 6.07) is 0. The van der Waals surface area contributed by atoms with Gasteiger partial charge in [0.05, 0.1) is 6.26 Å². The van der Waals surface area contributed by atoms with Crippen LogP contribution in [-0.4, -0.2) is 10.9 Å². The molecule has 13 heavy (non-hydrogen) atoms. The molecule has 1 aliphatic rings. The van der Waals surface area contributed by atoms with Gasteiger partial charge < -0.3 is 5.11 Å². The summed E-state index contributed by atoms with van der Waals surface area (Å²) in [6.45, 7) is 4.26. The molecule has 0 aromatic carbocycles. The topological polar surface area (TPSA) is 37.3 Å². The van der Waals surface area contributed by atoms with Gasteiger partial charge in [-0.2, -0.15) is 0 Å². The van der Waals surface area contributed by atoms with Crippen molar-refractivity contribution in [3.8, 4) is 0 Å². The molecule has 0 bridgehead atoms. The van der Waals surface area contributed by atoms with Crippen molar-refractivity contribution >= 4 is 5.78 Å². The van der Waals surface area contributed by atoms with Crippen molar-refractivity contribution < 1.29 is 9.90 Å². The van der Waals surface area contributed by atoms with Crippen LogP contribution >= 0.6 is 0 Å². The molecule has 2 heteroatoms. The van der Waals surface area contributed by atoms with Crippen LogP contribution in [0.3, 0.4) is 0 Å². The smallest absolute Gasteiger partial charge is 0.164 e. The number of aliphatic hydroxyl groups is 1. The van der Waals surface area contributed by atoms with Crippen LogP contribution in [0.4, 0.5) is 0 Å². The lowest BCUT2D eigenvalue weighted by Gasteiger charge is -2.23. The number of ketones is 1. The average molecular weight is 182 g/mol. The van der Waals surface area contributed by atoms with Crippen molar-refractivity contribution in [2.75, 3.05) is 0 Å². The van der Waals surface area contributed by atoms with E-state index in [1.54, 1.807) is 0 Å². The van der Waals surface area contributed by atoms with Crippen molar-refractivity contribution in [1.82, 2.24) is 0 Å². The molecule has 0 heterocycles. The predicted octanol–water partition coefficient (Wildman–Crippen LogP) is 2.84. The molecule has 0 radical (unpaired) electrons. The maximum absolute atomic E-state index is 11.7. The summed E-state index contributed by atoms with van der Waals surface area (Å²) < 4.78 is 0. The number of Topliss-reactive ketones (excluding diaryl/α,β-unsaturated/α-hetero) is 1. The summed E-state index contributed by atoms with van der Waals surface area (Å²) in [5.74, 6) is 0.890. The normalized spacial score (nSPS) is 27.2. The Balaban J connectivity index is 2.60. The molecule has 0 aliphatic heterocycles. The van der Waals surface area contributed by atoms with Crippen molar-refractivity contribution in [2.24, 2.45) is 11.8 Å². The highest BCUT2D eigenvalue weighted by Crippen LogP contribution is 2.29. The molecule has 1 atom stereocenters. The van der Waals surface area contributed by atoms with E-state index in [4.69, 9.17) is 5.11 Å². The number of carbonyl (C=O) groups is 1. The van der Waals surface area contributed by atoms with Crippen LogP contribution in [0.25, 0.3) is 0 Å². The van der Waals surface area contributed by atoms with Crippen molar-refractivity contribution in [3.63, 3.8) is 0 Å². The zero-order valence-electron chi connectivity index (χ0n) is 8.42. The highest BCUT2D eigenvalue weighted by atomic mass is 16.2. The molecular formula is C11H18O2. The maximum atomic E-state index is 11.7. The monoisotopic (exact) mass is 182 g/mol. The van der Waals surface area contributed by atoms with Crippen LogP contribution in [0.15, 0.2) is 11.8 Å². The molecule has 1 rings (SSSR count). The summed E-state index contributed by atoms with van der Waals surface area (Å²) in [4.78, 5) is 11.7. The van der Waals surface area contributed by atoms with E-state index in [0.29, 0.717) is 11.5 Å². The predicted molar refractivity (Wildman–Crippen MR) is 52.5 cm³/mol. The fourth-order valence-corrected chi connectivity index (χ4v) is 1.98. The Labute approximate surface area is 79.6 Å². The highest BCUT2D eigenvalue weighted by Gasteiger charge is 2.26. The summed E-state index contributed by atoms with van der Waals surface area (Å²) >= 11 is 0. The second-order valence-corrected chi connectivity index (χ2v) is 4.24. The van der Waals surface area contributed by atoms with E-state index >= 15 is 0 Å². The minimum atomic E-state index is 0.159. The van der Waals surface area contributed by atoms with Crippen LogP contribution in [0.2, 0.25) is 0 Å². The van der Waals surface area contributed by atoms with Gasteiger partial charge in [0.15, 0.2) is 5.78 Å². The third-order valence-electron chi connectivity index (χ3n) is 2.60. The van der Waals surface area contributed by atoms with E-state index in [1.165, 1.54) is 0 Å². The Hall–Kier alpha value is -0.790. The summed E-state index contributed by atoms with van der Waals surface area (Å²) in [7, 11) is 0. The SMILES string of the molecule is CC(C)CC1CCCC(=CO)C1=O. The third kappa shape index (κ3) is 2.58. The first-order chi connectivity index (χ1) is 6.15. The molecule has 0 amide bonds. The van der Waals surface area contributed by atoms with Gasteiger partial charge in [-0.3, -0.25) is 4.79 Å². The molecule has 0 aromatic rings. The zero-order chi connectivity index (χ0) is 9.84. The fraction of sp³-hybridized carbons (Fsp3) is 0.727. The molecule has 74 valence electrons. The Morgan fingerprint density at radius 2 is 2.31 bits per heavy atom. The fourth-order valence-electron chi connectivity index (χ4n) is 1.98. The minimum absolute atomic E-state index is 0.159. The second-order valence-electron chi connectivity index (χ2n) is 4.24. The molecule has 1 aliphatic carbocycles. The summed E-state index contributed by atoms with van der Waals surface area (Å²) in [5, 5.41) is 8.83. The lowest BCUT2D eigenvalue weighted by Crippen LogP contribution is -2.23. The largest absolute Gasteiger partial charge is 0.515 e. The maximum Gasteiger partial charge on any atom is 0.164 e. The van der Waals surface area contributed by atoms with Gasteiger partial charge in [0.1, 0.15) is 0 Å². The molecule has 1 fully saturated rings. The van der Waals surface area contributed by atoms with Crippen molar-refractivity contribution in [2.45, 2.75) is 39.5 Å². The zero-order valence-corrected chi connectivity index (χ0v) is 8.42. The Bertz CT molecular complexity index is 216.